The summed E-state index contributed by atoms with van der Waals surface area (Å²) in [4.78, 5) is 0. The minimum Gasteiger partial charge on any atom is -0.353 e. The van der Waals surface area contributed by atoms with E-state index >= 15 is 0 Å². The van der Waals surface area contributed by atoms with Crippen molar-refractivity contribution in [3.63, 3.8) is 0 Å². The Morgan fingerprint density at radius 2 is 0.733 bits per heavy atom. The Morgan fingerprint density at radius 1 is 0.378 bits per heavy atom. The van der Waals surface area contributed by atoms with Crippen molar-refractivity contribution in [3.05, 3.63) is 24.3 Å². The smallest absolute Gasteiger partial charge is 0.180 e. The van der Waals surface area contributed by atoms with E-state index in [9.17, 15) is 0 Å². The van der Waals surface area contributed by atoms with Crippen molar-refractivity contribution in [3.8, 4) is 0 Å². The molecule has 0 rings (SSSR count). The molecule has 2 unspecified atom stereocenters. The normalized spacial score (nSPS) is 13.7. The zero-order chi connectivity index (χ0) is 33.1. The lowest BCUT2D eigenvalue weighted by Crippen LogP contribution is -2.25. The maximum absolute atomic E-state index is 6.44. The second kappa shape index (κ2) is 36.0. The third-order valence-electron chi connectivity index (χ3n) is 7.08. The highest BCUT2D eigenvalue weighted by Gasteiger charge is 2.15. The van der Waals surface area contributed by atoms with Crippen LogP contribution in [-0.2, 0) is 33.2 Å². The van der Waals surface area contributed by atoms with Crippen LogP contribution in [0.4, 0.5) is 0 Å². The Kier molecular flexibility index (Phi) is 35.4. The van der Waals surface area contributed by atoms with Gasteiger partial charge in [0.05, 0.1) is 13.2 Å². The second-order valence-electron chi connectivity index (χ2n) is 11.8. The first-order valence-corrected chi connectivity index (χ1v) is 18.8. The molecule has 0 amide bonds. The molecule has 0 aliphatic heterocycles. The van der Waals surface area contributed by atoms with Gasteiger partial charge in [0.1, 0.15) is 0 Å². The third-order valence-corrected chi connectivity index (χ3v) is 7.08. The molecule has 0 heterocycles. The highest BCUT2D eigenvalue weighted by Crippen LogP contribution is 2.14. The summed E-state index contributed by atoms with van der Waals surface area (Å²) in [6, 6.07) is 0. The minimum atomic E-state index is -0.481. The largest absolute Gasteiger partial charge is 0.353 e. The first-order valence-electron chi connectivity index (χ1n) is 18.8. The maximum Gasteiger partial charge on any atom is 0.180 e. The molecule has 0 bridgehead atoms. The SMILES string of the molecule is CCCCCCCOC(C=CCCC(OCCC)OCCC)OC(C=CCCC(OCCC)OCCC)OCCCCCCC. The van der Waals surface area contributed by atoms with Crippen molar-refractivity contribution in [2.45, 2.75) is 182 Å². The van der Waals surface area contributed by atoms with Crippen molar-refractivity contribution >= 4 is 0 Å². The fraction of sp³-hybridized carbons (Fsp3) is 0.895. The molecule has 0 saturated carbocycles. The fourth-order valence-electron chi connectivity index (χ4n) is 4.53. The predicted molar refractivity (Wildman–Crippen MR) is 187 cm³/mol. The molecule has 45 heavy (non-hydrogen) atoms. The minimum absolute atomic E-state index is 0.174. The van der Waals surface area contributed by atoms with Crippen molar-refractivity contribution in [2.75, 3.05) is 39.6 Å². The molecule has 2 atom stereocenters. The summed E-state index contributed by atoms with van der Waals surface area (Å²) >= 11 is 0. The van der Waals surface area contributed by atoms with E-state index in [1.54, 1.807) is 0 Å². The Morgan fingerprint density at radius 3 is 1.07 bits per heavy atom. The van der Waals surface area contributed by atoms with Crippen LogP contribution in [0, 0.1) is 0 Å². The third kappa shape index (κ3) is 30.3. The fourth-order valence-corrected chi connectivity index (χ4v) is 4.53. The van der Waals surface area contributed by atoms with Gasteiger partial charge in [0.15, 0.2) is 25.2 Å². The summed E-state index contributed by atoms with van der Waals surface area (Å²) in [5, 5.41) is 0. The Hall–Kier alpha value is -0.800. The quantitative estimate of drug-likeness (QED) is 0.0383. The average molecular weight is 643 g/mol. The van der Waals surface area contributed by atoms with E-state index in [1.165, 1.54) is 51.4 Å². The lowest BCUT2D eigenvalue weighted by Gasteiger charge is -2.22. The van der Waals surface area contributed by atoms with Gasteiger partial charge in [0, 0.05) is 39.3 Å². The summed E-state index contributed by atoms with van der Waals surface area (Å²) in [5.41, 5.74) is 0. The topological polar surface area (TPSA) is 64.6 Å². The summed E-state index contributed by atoms with van der Waals surface area (Å²) in [6.45, 7) is 17.1. The highest BCUT2D eigenvalue weighted by molar-refractivity contribution is 4.90. The van der Waals surface area contributed by atoms with Crippen LogP contribution in [0.15, 0.2) is 24.3 Å². The van der Waals surface area contributed by atoms with E-state index in [2.05, 4.69) is 53.7 Å². The van der Waals surface area contributed by atoms with Gasteiger partial charge < -0.3 is 33.2 Å². The number of unbranched alkanes of at least 4 members (excludes halogenated alkanes) is 8. The van der Waals surface area contributed by atoms with Gasteiger partial charge in [-0.1, -0.05) is 105 Å². The molecule has 7 heteroatoms. The molecule has 0 spiro atoms. The molecular weight excluding hydrogens is 568 g/mol. The van der Waals surface area contributed by atoms with Crippen molar-refractivity contribution in [1.29, 1.82) is 0 Å². The molecule has 0 aromatic rings. The average Bonchev–Trinajstić information content (AvgIpc) is 3.05. The Bertz CT molecular complexity index is 559. The van der Waals surface area contributed by atoms with E-state index in [4.69, 9.17) is 33.2 Å². The van der Waals surface area contributed by atoms with Crippen LogP contribution in [0.5, 0.6) is 0 Å². The van der Waals surface area contributed by atoms with E-state index < -0.39 is 12.6 Å². The van der Waals surface area contributed by atoms with E-state index in [-0.39, 0.29) is 12.6 Å². The van der Waals surface area contributed by atoms with Gasteiger partial charge in [-0.05, 0) is 63.5 Å². The van der Waals surface area contributed by atoms with Gasteiger partial charge in [0.2, 0.25) is 0 Å². The van der Waals surface area contributed by atoms with Crippen molar-refractivity contribution in [2.24, 2.45) is 0 Å². The number of ether oxygens (including phenoxy) is 7. The van der Waals surface area contributed by atoms with Crippen LogP contribution in [0.25, 0.3) is 0 Å². The molecule has 0 saturated heterocycles. The van der Waals surface area contributed by atoms with Crippen LogP contribution in [-0.4, -0.2) is 64.8 Å². The van der Waals surface area contributed by atoms with Gasteiger partial charge in [-0.15, -0.1) is 0 Å². The second-order valence-corrected chi connectivity index (χ2v) is 11.8. The van der Waals surface area contributed by atoms with E-state index in [0.29, 0.717) is 39.6 Å². The lowest BCUT2D eigenvalue weighted by molar-refractivity contribution is -0.208. The zero-order valence-corrected chi connectivity index (χ0v) is 30.4. The Labute approximate surface area is 279 Å². The van der Waals surface area contributed by atoms with Gasteiger partial charge >= 0.3 is 0 Å². The van der Waals surface area contributed by atoms with Gasteiger partial charge in [-0.3, -0.25) is 0 Å². The molecule has 268 valence electrons. The number of rotatable bonds is 36. The van der Waals surface area contributed by atoms with Gasteiger partial charge in [-0.25, -0.2) is 0 Å². The van der Waals surface area contributed by atoms with Crippen molar-refractivity contribution < 1.29 is 33.2 Å². The molecule has 7 nitrogen and oxygen atoms in total. The van der Waals surface area contributed by atoms with Crippen LogP contribution in [0.2, 0.25) is 0 Å². The molecule has 0 N–H and O–H groups in total. The number of hydrogen-bond donors (Lipinski definition) is 0. The standard InChI is InChI=1S/C38H74O7/c1-7-13-15-17-23-33-43-37(27-21-19-25-35(39-29-9-3)40-30-10-4)45-38(44-34-24-18-16-14-8-2)28-22-20-26-36(41-31-11-5)42-32-12-6/h21-22,27-28,35-38H,7-20,23-26,29-34H2,1-6H3. The van der Waals surface area contributed by atoms with Gasteiger partial charge in [-0.2, -0.15) is 0 Å². The maximum atomic E-state index is 6.44. The summed E-state index contributed by atoms with van der Waals surface area (Å²) in [6.07, 6.45) is 26.1. The molecular formula is C38H74O7. The summed E-state index contributed by atoms with van der Waals surface area (Å²) in [5.74, 6) is 0. The monoisotopic (exact) mass is 643 g/mol. The van der Waals surface area contributed by atoms with Gasteiger partial charge in [0.25, 0.3) is 0 Å². The Balaban J connectivity index is 5.35. The number of hydrogen-bond acceptors (Lipinski definition) is 7. The molecule has 0 fully saturated rings. The lowest BCUT2D eigenvalue weighted by atomic mass is 10.2. The first-order chi connectivity index (χ1) is 22.1. The molecule has 0 aromatic carbocycles. The molecule has 0 aromatic heterocycles. The van der Waals surface area contributed by atoms with Crippen LogP contribution < -0.4 is 0 Å². The van der Waals surface area contributed by atoms with E-state index in [0.717, 1.165) is 64.2 Å². The molecule has 0 aliphatic carbocycles. The van der Waals surface area contributed by atoms with Crippen LogP contribution >= 0.6 is 0 Å². The summed E-state index contributed by atoms with van der Waals surface area (Å²) in [7, 11) is 0. The zero-order valence-electron chi connectivity index (χ0n) is 30.4. The highest BCUT2D eigenvalue weighted by atomic mass is 16.8. The number of allylic oxidation sites excluding steroid dienone is 2. The summed E-state index contributed by atoms with van der Waals surface area (Å²) < 4.78 is 42.6. The van der Waals surface area contributed by atoms with Crippen LogP contribution in [0.3, 0.4) is 0 Å². The van der Waals surface area contributed by atoms with E-state index in [1.807, 2.05) is 12.2 Å². The predicted octanol–water partition coefficient (Wildman–Crippen LogP) is 10.7. The van der Waals surface area contributed by atoms with Crippen LogP contribution in [0.1, 0.15) is 157 Å². The van der Waals surface area contributed by atoms with Crippen molar-refractivity contribution in [1.82, 2.24) is 0 Å². The molecule has 0 aliphatic rings. The molecule has 0 radical (unpaired) electrons. The first kappa shape index (κ1) is 44.2.